The molecular formula is C13H20N2O3S. The third kappa shape index (κ3) is 4.02. The zero-order valence-electron chi connectivity index (χ0n) is 11.9. The number of aliphatic carboxylic acids is 1. The lowest BCUT2D eigenvalue weighted by molar-refractivity contribution is -0.155. The van der Waals surface area contributed by atoms with Crippen LogP contribution in [0.4, 0.5) is 0 Å². The first-order valence-electron chi connectivity index (χ1n) is 6.01. The number of hydrogen-bond acceptors (Lipinski definition) is 4. The molecule has 5 nitrogen and oxygen atoms in total. The standard InChI is InChI=1S/C13H20N2O3S/c1-8-14-9(7-19-8)6-15(5)11(16)10(12(17)18)13(2,3)4/h7,10H,6H2,1-5H3,(H,17,18). The van der Waals surface area contributed by atoms with Crippen molar-refractivity contribution in [1.29, 1.82) is 0 Å². The summed E-state index contributed by atoms with van der Waals surface area (Å²) in [6.07, 6.45) is 0. The molecule has 106 valence electrons. The van der Waals surface area contributed by atoms with E-state index in [9.17, 15) is 14.7 Å². The molecule has 1 aromatic heterocycles. The van der Waals surface area contributed by atoms with Crippen molar-refractivity contribution >= 4 is 23.2 Å². The summed E-state index contributed by atoms with van der Waals surface area (Å²) in [5.41, 5.74) is 0.172. The number of aromatic nitrogens is 1. The Labute approximate surface area is 117 Å². The van der Waals surface area contributed by atoms with Crippen LogP contribution in [0.25, 0.3) is 0 Å². The van der Waals surface area contributed by atoms with Crippen LogP contribution < -0.4 is 0 Å². The van der Waals surface area contributed by atoms with Crippen molar-refractivity contribution in [3.8, 4) is 0 Å². The summed E-state index contributed by atoms with van der Waals surface area (Å²) in [5, 5.41) is 12.1. The van der Waals surface area contributed by atoms with Crippen molar-refractivity contribution in [2.45, 2.75) is 34.2 Å². The molecule has 0 saturated heterocycles. The number of carboxylic acids is 1. The summed E-state index contributed by atoms with van der Waals surface area (Å²) in [4.78, 5) is 29.3. The highest BCUT2D eigenvalue weighted by molar-refractivity contribution is 7.09. The van der Waals surface area contributed by atoms with Gasteiger partial charge in [0.15, 0.2) is 0 Å². The first-order valence-corrected chi connectivity index (χ1v) is 6.89. The molecule has 1 N–H and O–H groups in total. The molecule has 0 aliphatic carbocycles. The van der Waals surface area contributed by atoms with Gasteiger partial charge in [-0.25, -0.2) is 4.98 Å². The molecule has 1 amide bonds. The fraction of sp³-hybridized carbons (Fsp3) is 0.615. The van der Waals surface area contributed by atoms with E-state index in [0.717, 1.165) is 10.7 Å². The van der Waals surface area contributed by atoms with Crippen LogP contribution in [0.1, 0.15) is 31.5 Å². The SMILES string of the molecule is Cc1nc(CN(C)C(=O)C(C(=O)O)C(C)(C)C)cs1. The predicted octanol–water partition coefficient (Wildman–Crippen LogP) is 2.16. The minimum Gasteiger partial charge on any atom is -0.481 e. The number of carboxylic acid groups (broad SMARTS) is 1. The molecule has 0 aromatic carbocycles. The maximum atomic E-state index is 12.3. The first-order chi connectivity index (χ1) is 8.62. The quantitative estimate of drug-likeness (QED) is 0.860. The average Bonchev–Trinajstić information content (AvgIpc) is 2.60. The van der Waals surface area contributed by atoms with Gasteiger partial charge in [-0.05, 0) is 12.3 Å². The van der Waals surface area contributed by atoms with E-state index in [1.807, 2.05) is 12.3 Å². The van der Waals surface area contributed by atoms with Gasteiger partial charge < -0.3 is 10.0 Å². The number of hydrogen-bond donors (Lipinski definition) is 1. The highest BCUT2D eigenvalue weighted by Crippen LogP contribution is 2.28. The monoisotopic (exact) mass is 284 g/mol. The molecule has 19 heavy (non-hydrogen) atoms. The van der Waals surface area contributed by atoms with Crippen LogP contribution in [0.2, 0.25) is 0 Å². The van der Waals surface area contributed by atoms with E-state index in [0.29, 0.717) is 6.54 Å². The van der Waals surface area contributed by atoms with Crippen LogP contribution in [0.15, 0.2) is 5.38 Å². The number of rotatable bonds is 4. The molecule has 0 bridgehead atoms. The van der Waals surface area contributed by atoms with Crippen molar-refractivity contribution < 1.29 is 14.7 Å². The molecule has 0 saturated carbocycles. The highest BCUT2D eigenvalue weighted by atomic mass is 32.1. The summed E-state index contributed by atoms with van der Waals surface area (Å²) in [7, 11) is 1.61. The van der Waals surface area contributed by atoms with Gasteiger partial charge in [0, 0.05) is 12.4 Å². The predicted molar refractivity (Wildman–Crippen MR) is 73.9 cm³/mol. The Hall–Kier alpha value is -1.43. The fourth-order valence-corrected chi connectivity index (χ4v) is 2.47. The maximum Gasteiger partial charge on any atom is 0.316 e. The van der Waals surface area contributed by atoms with Crippen molar-refractivity contribution in [3.63, 3.8) is 0 Å². The number of aryl methyl sites for hydroxylation is 1. The Morgan fingerprint density at radius 1 is 1.47 bits per heavy atom. The van der Waals surface area contributed by atoms with Gasteiger partial charge in [-0.1, -0.05) is 20.8 Å². The van der Waals surface area contributed by atoms with Crippen molar-refractivity contribution in [3.05, 3.63) is 16.1 Å². The molecule has 1 aromatic rings. The summed E-state index contributed by atoms with van der Waals surface area (Å²) < 4.78 is 0. The summed E-state index contributed by atoms with van der Waals surface area (Å²) in [5.74, 6) is -2.51. The topological polar surface area (TPSA) is 70.5 Å². The Kier molecular flexibility index (Phi) is 4.68. The van der Waals surface area contributed by atoms with Gasteiger partial charge in [0.25, 0.3) is 0 Å². The van der Waals surface area contributed by atoms with Gasteiger partial charge in [0.05, 0.1) is 17.2 Å². The van der Waals surface area contributed by atoms with Gasteiger partial charge in [0.1, 0.15) is 5.92 Å². The second kappa shape index (κ2) is 5.69. The molecule has 1 heterocycles. The zero-order valence-corrected chi connectivity index (χ0v) is 12.7. The van der Waals surface area contributed by atoms with Crippen LogP contribution in [0, 0.1) is 18.3 Å². The molecule has 0 fully saturated rings. The number of amides is 1. The van der Waals surface area contributed by atoms with Crippen LogP contribution in [-0.4, -0.2) is 33.9 Å². The minimum atomic E-state index is -1.08. The van der Waals surface area contributed by atoms with E-state index >= 15 is 0 Å². The lowest BCUT2D eigenvalue weighted by Crippen LogP contribution is -2.43. The van der Waals surface area contributed by atoms with Gasteiger partial charge in [0.2, 0.25) is 5.91 Å². The molecule has 1 rings (SSSR count). The van der Waals surface area contributed by atoms with E-state index < -0.39 is 17.3 Å². The Bertz CT molecular complexity index is 476. The van der Waals surface area contributed by atoms with E-state index in [1.165, 1.54) is 16.2 Å². The lowest BCUT2D eigenvalue weighted by Gasteiger charge is -2.29. The molecule has 0 aliphatic rings. The fourth-order valence-electron chi connectivity index (χ4n) is 1.87. The Balaban J connectivity index is 2.83. The van der Waals surface area contributed by atoms with E-state index in [4.69, 9.17) is 0 Å². The molecule has 6 heteroatoms. The van der Waals surface area contributed by atoms with Crippen molar-refractivity contribution in [1.82, 2.24) is 9.88 Å². The largest absolute Gasteiger partial charge is 0.481 e. The smallest absolute Gasteiger partial charge is 0.316 e. The third-order valence-electron chi connectivity index (χ3n) is 2.80. The normalized spacial score (nSPS) is 13.1. The Morgan fingerprint density at radius 3 is 2.42 bits per heavy atom. The third-order valence-corrected chi connectivity index (χ3v) is 3.62. The second-order valence-corrected chi connectivity index (χ2v) is 6.75. The first kappa shape index (κ1) is 15.6. The summed E-state index contributed by atoms with van der Waals surface area (Å²) >= 11 is 1.51. The van der Waals surface area contributed by atoms with Crippen molar-refractivity contribution in [2.24, 2.45) is 11.3 Å². The number of nitrogens with zero attached hydrogens (tertiary/aromatic N) is 2. The highest BCUT2D eigenvalue weighted by Gasteiger charge is 2.39. The lowest BCUT2D eigenvalue weighted by atomic mass is 9.80. The maximum absolute atomic E-state index is 12.3. The summed E-state index contributed by atoms with van der Waals surface area (Å²) in [6, 6.07) is 0. The van der Waals surface area contributed by atoms with Crippen LogP contribution >= 0.6 is 11.3 Å². The molecular weight excluding hydrogens is 264 g/mol. The van der Waals surface area contributed by atoms with Gasteiger partial charge in [-0.2, -0.15) is 0 Å². The minimum absolute atomic E-state index is 0.336. The molecule has 0 aliphatic heterocycles. The van der Waals surface area contributed by atoms with Gasteiger partial charge in [-0.3, -0.25) is 9.59 Å². The molecule has 1 atom stereocenters. The van der Waals surface area contributed by atoms with Crippen LogP contribution in [0.5, 0.6) is 0 Å². The number of carbonyl (C=O) groups is 2. The average molecular weight is 284 g/mol. The second-order valence-electron chi connectivity index (χ2n) is 5.69. The molecule has 0 radical (unpaired) electrons. The van der Waals surface area contributed by atoms with E-state index in [1.54, 1.807) is 27.8 Å². The van der Waals surface area contributed by atoms with E-state index in [2.05, 4.69) is 4.98 Å². The van der Waals surface area contributed by atoms with Crippen molar-refractivity contribution in [2.75, 3.05) is 7.05 Å². The van der Waals surface area contributed by atoms with Gasteiger partial charge >= 0.3 is 5.97 Å². The molecule has 1 unspecified atom stereocenters. The van der Waals surface area contributed by atoms with Crippen LogP contribution in [0.3, 0.4) is 0 Å². The number of carbonyl (C=O) groups excluding carboxylic acids is 1. The Morgan fingerprint density at radius 2 is 2.05 bits per heavy atom. The van der Waals surface area contributed by atoms with Crippen LogP contribution in [-0.2, 0) is 16.1 Å². The number of thiazole rings is 1. The zero-order chi connectivity index (χ0) is 14.8. The summed E-state index contributed by atoms with van der Waals surface area (Å²) in [6.45, 7) is 7.49. The van der Waals surface area contributed by atoms with Gasteiger partial charge in [-0.15, -0.1) is 11.3 Å². The molecule has 0 spiro atoms. The van der Waals surface area contributed by atoms with E-state index in [-0.39, 0.29) is 5.91 Å².